The first-order valence-corrected chi connectivity index (χ1v) is 4.33. The first-order chi connectivity index (χ1) is 6.66. The van der Waals surface area contributed by atoms with Gasteiger partial charge in [-0.15, -0.1) is 0 Å². The number of amides is 2. The molecule has 1 aliphatic heterocycles. The van der Waals surface area contributed by atoms with Crippen molar-refractivity contribution in [2.24, 2.45) is 0 Å². The van der Waals surface area contributed by atoms with E-state index in [9.17, 15) is 9.59 Å². The summed E-state index contributed by atoms with van der Waals surface area (Å²) in [5.41, 5.74) is 2.53. The van der Waals surface area contributed by atoms with E-state index in [4.69, 9.17) is 9.57 Å². The molecule has 1 saturated heterocycles. The fourth-order valence-corrected chi connectivity index (χ4v) is 1.13. The third-order valence-electron chi connectivity index (χ3n) is 2.00. The predicted molar refractivity (Wildman–Crippen MR) is 47.1 cm³/mol. The van der Waals surface area contributed by atoms with Crippen molar-refractivity contribution in [2.45, 2.75) is 12.5 Å². The van der Waals surface area contributed by atoms with Gasteiger partial charge in [-0.1, -0.05) is 0 Å². The molecule has 0 aromatic rings. The molecule has 6 nitrogen and oxygen atoms in total. The highest BCUT2D eigenvalue weighted by molar-refractivity contribution is 6.05. The molecule has 80 valence electrons. The Bertz CT molecular complexity index is 231. The van der Waals surface area contributed by atoms with Gasteiger partial charge in [-0.05, 0) is 0 Å². The summed E-state index contributed by atoms with van der Waals surface area (Å²) in [7, 11) is 3.02. The van der Waals surface area contributed by atoms with Crippen LogP contribution in [0.3, 0.4) is 0 Å². The zero-order chi connectivity index (χ0) is 10.6. The van der Waals surface area contributed by atoms with Crippen LogP contribution in [0.4, 0.5) is 0 Å². The van der Waals surface area contributed by atoms with Crippen molar-refractivity contribution >= 4 is 11.8 Å². The number of hydroxylamine groups is 1. The largest absolute Gasteiger partial charge is 0.382 e. The number of likely N-dealkylation sites (N-methyl/N-ethyl adjacent to an activating group) is 1. The van der Waals surface area contributed by atoms with Crippen molar-refractivity contribution in [2.75, 3.05) is 27.4 Å². The highest BCUT2D eigenvalue weighted by Crippen LogP contribution is 2.09. The summed E-state index contributed by atoms with van der Waals surface area (Å²) in [4.78, 5) is 28.4. The molecule has 0 aromatic heterocycles. The number of nitrogens with one attached hydrogen (secondary N) is 1. The summed E-state index contributed by atoms with van der Waals surface area (Å²) in [5.74, 6) is -0.449. The number of ether oxygens (including phenoxy) is 1. The van der Waals surface area contributed by atoms with Crippen LogP contribution in [-0.4, -0.2) is 50.1 Å². The second-order valence-corrected chi connectivity index (χ2v) is 3.01. The smallest absolute Gasteiger partial charge is 0.248 e. The summed E-state index contributed by atoms with van der Waals surface area (Å²) in [6.45, 7) is 0.788. The SMILES string of the molecule is COCCONC1CC(=O)N(C)C1=O. The van der Waals surface area contributed by atoms with Crippen molar-refractivity contribution in [3.63, 3.8) is 0 Å². The molecule has 0 radical (unpaired) electrons. The highest BCUT2D eigenvalue weighted by Gasteiger charge is 2.35. The second kappa shape index (κ2) is 5.04. The van der Waals surface area contributed by atoms with Gasteiger partial charge in [0, 0.05) is 14.2 Å². The van der Waals surface area contributed by atoms with E-state index >= 15 is 0 Å². The molecule has 1 fully saturated rings. The normalized spacial score (nSPS) is 22.1. The van der Waals surface area contributed by atoms with E-state index in [1.54, 1.807) is 7.11 Å². The summed E-state index contributed by atoms with van der Waals surface area (Å²) in [6, 6.07) is -0.552. The second-order valence-electron chi connectivity index (χ2n) is 3.01. The molecule has 1 N–H and O–H groups in total. The minimum absolute atomic E-state index is 0.155. The maximum atomic E-state index is 11.3. The van der Waals surface area contributed by atoms with E-state index in [2.05, 4.69) is 5.48 Å². The van der Waals surface area contributed by atoms with Crippen LogP contribution in [0.25, 0.3) is 0 Å². The minimum atomic E-state index is -0.552. The van der Waals surface area contributed by atoms with Crippen LogP contribution in [0.1, 0.15) is 6.42 Å². The maximum Gasteiger partial charge on any atom is 0.248 e. The molecular formula is C8H14N2O4. The Morgan fingerprint density at radius 2 is 2.21 bits per heavy atom. The monoisotopic (exact) mass is 202 g/mol. The Kier molecular flexibility index (Phi) is 3.99. The summed E-state index contributed by atoms with van der Waals surface area (Å²) < 4.78 is 4.75. The van der Waals surface area contributed by atoms with Gasteiger partial charge in [0.2, 0.25) is 11.8 Å². The van der Waals surface area contributed by atoms with Crippen LogP contribution in [0, 0.1) is 0 Å². The van der Waals surface area contributed by atoms with Crippen molar-refractivity contribution in [3.05, 3.63) is 0 Å². The number of likely N-dealkylation sites (tertiary alicyclic amines) is 1. The molecule has 1 heterocycles. The molecule has 0 bridgehead atoms. The van der Waals surface area contributed by atoms with Crippen molar-refractivity contribution in [1.29, 1.82) is 0 Å². The summed E-state index contributed by atoms with van der Waals surface area (Å²) in [5, 5.41) is 0. The lowest BCUT2D eigenvalue weighted by atomic mass is 10.3. The average molecular weight is 202 g/mol. The quantitative estimate of drug-likeness (QED) is 0.348. The Morgan fingerprint density at radius 1 is 1.50 bits per heavy atom. The van der Waals surface area contributed by atoms with Gasteiger partial charge in [-0.3, -0.25) is 19.3 Å². The predicted octanol–water partition coefficient (Wildman–Crippen LogP) is -1.09. The molecule has 1 atom stereocenters. The van der Waals surface area contributed by atoms with Crippen LogP contribution < -0.4 is 5.48 Å². The topological polar surface area (TPSA) is 67.9 Å². The van der Waals surface area contributed by atoms with Crippen molar-refractivity contribution in [1.82, 2.24) is 10.4 Å². The van der Waals surface area contributed by atoms with Crippen LogP contribution in [0.5, 0.6) is 0 Å². The number of imide groups is 1. The van der Waals surface area contributed by atoms with E-state index in [0.717, 1.165) is 4.90 Å². The number of hydrogen-bond acceptors (Lipinski definition) is 5. The Labute approximate surface area is 82.1 Å². The van der Waals surface area contributed by atoms with Gasteiger partial charge >= 0.3 is 0 Å². The zero-order valence-electron chi connectivity index (χ0n) is 8.28. The number of nitrogens with zero attached hydrogens (tertiary/aromatic N) is 1. The molecule has 6 heteroatoms. The third kappa shape index (κ3) is 2.50. The number of carbonyl (C=O) groups excluding carboxylic acids is 2. The van der Waals surface area contributed by atoms with E-state index in [0.29, 0.717) is 13.2 Å². The number of rotatable bonds is 5. The van der Waals surface area contributed by atoms with Crippen molar-refractivity contribution in [3.8, 4) is 0 Å². The van der Waals surface area contributed by atoms with Crippen LogP contribution in [-0.2, 0) is 19.2 Å². The van der Waals surface area contributed by atoms with Gasteiger partial charge in [-0.2, -0.15) is 5.48 Å². The fourth-order valence-electron chi connectivity index (χ4n) is 1.13. The molecule has 1 unspecified atom stereocenters. The van der Waals surface area contributed by atoms with Gasteiger partial charge in [0.15, 0.2) is 0 Å². The fraction of sp³-hybridized carbons (Fsp3) is 0.750. The maximum absolute atomic E-state index is 11.3. The van der Waals surface area contributed by atoms with Gasteiger partial charge in [-0.25, -0.2) is 0 Å². The van der Waals surface area contributed by atoms with E-state index in [-0.39, 0.29) is 18.2 Å². The lowest BCUT2D eigenvalue weighted by Crippen LogP contribution is -2.37. The molecule has 0 aromatic carbocycles. The minimum Gasteiger partial charge on any atom is -0.382 e. The van der Waals surface area contributed by atoms with Gasteiger partial charge < -0.3 is 4.74 Å². The average Bonchev–Trinajstić information content (AvgIpc) is 2.41. The Hall–Kier alpha value is -0.980. The molecular weight excluding hydrogens is 188 g/mol. The summed E-state index contributed by atoms with van der Waals surface area (Å²) >= 11 is 0. The molecule has 0 saturated carbocycles. The van der Waals surface area contributed by atoms with Crippen LogP contribution in [0.2, 0.25) is 0 Å². The molecule has 1 rings (SSSR count). The Morgan fingerprint density at radius 3 is 2.71 bits per heavy atom. The molecule has 0 spiro atoms. The number of hydrogen-bond donors (Lipinski definition) is 1. The van der Waals surface area contributed by atoms with Crippen molar-refractivity contribution < 1.29 is 19.2 Å². The number of methoxy groups -OCH3 is 1. The van der Waals surface area contributed by atoms with Crippen LogP contribution in [0.15, 0.2) is 0 Å². The number of carbonyl (C=O) groups is 2. The standard InChI is InChI=1S/C8H14N2O4/c1-10-7(11)5-6(8(10)12)9-14-4-3-13-2/h6,9H,3-5H2,1-2H3. The van der Waals surface area contributed by atoms with Gasteiger partial charge in [0.05, 0.1) is 19.6 Å². The molecule has 0 aliphatic carbocycles. The molecule has 2 amide bonds. The first-order valence-electron chi connectivity index (χ1n) is 4.33. The lowest BCUT2D eigenvalue weighted by Gasteiger charge is -2.10. The lowest BCUT2D eigenvalue weighted by molar-refractivity contribution is -0.138. The van der Waals surface area contributed by atoms with Gasteiger partial charge in [0.1, 0.15) is 6.04 Å². The van der Waals surface area contributed by atoms with Gasteiger partial charge in [0.25, 0.3) is 0 Å². The van der Waals surface area contributed by atoms with E-state index in [1.165, 1.54) is 7.05 Å². The summed E-state index contributed by atoms with van der Waals surface area (Å²) in [6.07, 6.45) is 0.155. The molecule has 1 aliphatic rings. The third-order valence-corrected chi connectivity index (χ3v) is 2.00. The molecule has 14 heavy (non-hydrogen) atoms. The highest BCUT2D eigenvalue weighted by atomic mass is 16.7. The zero-order valence-corrected chi connectivity index (χ0v) is 8.28. The first kappa shape index (κ1) is 11.1. The van der Waals surface area contributed by atoms with E-state index in [1.807, 2.05) is 0 Å². The Balaban J connectivity index is 2.26. The van der Waals surface area contributed by atoms with Crippen LogP contribution >= 0.6 is 0 Å². The van der Waals surface area contributed by atoms with E-state index < -0.39 is 6.04 Å².